The van der Waals surface area contributed by atoms with Crippen LogP contribution in [-0.2, 0) is 0 Å². The Hall–Kier alpha value is -0.890. The Morgan fingerprint density at radius 1 is 1.14 bits per heavy atom. The predicted molar refractivity (Wildman–Crippen MR) is 90.5 cm³/mol. The Morgan fingerprint density at radius 3 is 2.43 bits per heavy atom. The second kappa shape index (κ2) is 7.93. The zero-order valence-corrected chi connectivity index (χ0v) is 14.3. The summed E-state index contributed by atoms with van der Waals surface area (Å²) < 4.78 is 0. The van der Waals surface area contributed by atoms with Gasteiger partial charge in [0.1, 0.15) is 0 Å². The van der Waals surface area contributed by atoms with Gasteiger partial charge in [-0.1, -0.05) is 39.2 Å². The molecule has 0 amide bonds. The minimum Gasteiger partial charge on any atom is -0.310 e. The fourth-order valence-corrected chi connectivity index (χ4v) is 3.79. The first-order chi connectivity index (χ1) is 10.2. The van der Waals surface area contributed by atoms with Gasteiger partial charge in [-0.2, -0.15) is 0 Å². The fraction of sp³-hybridized carbons (Fsp3) is 0.737. The first kappa shape index (κ1) is 16.5. The van der Waals surface area contributed by atoms with E-state index >= 15 is 0 Å². The molecule has 0 aromatic carbocycles. The quantitative estimate of drug-likeness (QED) is 0.800. The van der Waals surface area contributed by atoms with Crippen LogP contribution in [0.3, 0.4) is 0 Å². The zero-order chi connectivity index (χ0) is 15.2. The Kier molecular flexibility index (Phi) is 6.22. The zero-order valence-electron chi connectivity index (χ0n) is 14.3. The van der Waals surface area contributed by atoms with Crippen molar-refractivity contribution in [2.24, 2.45) is 11.8 Å². The van der Waals surface area contributed by atoms with Crippen molar-refractivity contribution >= 4 is 0 Å². The van der Waals surface area contributed by atoms with Gasteiger partial charge in [0, 0.05) is 17.4 Å². The van der Waals surface area contributed by atoms with E-state index in [0.717, 1.165) is 24.1 Å². The number of aryl methyl sites for hydroxylation is 2. The Balaban J connectivity index is 2.14. The standard InChI is InChI=1S/C19H32N2/c1-5-13-20-19(17-10-8-16(6-2)9-11-17)18-12-7-14(3)21-15(18)4/h7,12,16-17,19-20H,5-6,8-11,13H2,1-4H3. The van der Waals surface area contributed by atoms with Gasteiger partial charge >= 0.3 is 0 Å². The lowest BCUT2D eigenvalue weighted by atomic mass is 9.75. The summed E-state index contributed by atoms with van der Waals surface area (Å²) in [4.78, 5) is 4.69. The molecular formula is C19H32N2. The highest BCUT2D eigenvalue weighted by Gasteiger charge is 2.28. The maximum Gasteiger partial charge on any atom is 0.0423 e. The predicted octanol–water partition coefficient (Wildman–Crippen LogP) is 4.96. The largest absolute Gasteiger partial charge is 0.310 e. The van der Waals surface area contributed by atoms with Gasteiger partial charge in [-0.05, 0) is 63.1 Å². The Labute approximate surface area is 130 Å². The summed E-state index contributed by atoms with van der Waals surface area (Å²) in [5.74, 6) is 1.74. The first-order valence-corrected chi connectivity index (χ1v) is 8.83. The van der Waals surface area contributed by atoms with E-state index in [9.17, 15) is 0 Å². The van der Waals surface area contributed by atoms with E-state index in [0.29, 0.717) is 6.04 Å². The molecule has 1 unspecified atom stereocenters. The van der Waals surface area contributed by atoms with Crippen molar-refractivity contribution in [2.45, 2.75) is 72.3 Å². The molecule has 1 saturated carbocycles. The van der Waals surface area contributed by atoms with Crippen LogP contribution < -0.4 is 5.32 Å². The first-order valence-electron chi connectivity index (χ1n) is 8.83. The van der Waals surface area contributed by atoms with Crippen LogP contribution in [0.25, 0.3) is 0 Å². The minimum atomic E-state index is 0.496. The van der Waals surface area contributed by atoms with Crippen LogP contribution in [0.4, 0.5) is 0 Å². The van der Waals surface area contributed by atoms with Gasteiger partial charge in [-0.3, -0.25) is 4.98 Å². The summed E-state index contributed by atoms with van der Waals surface area (Å²) in [6, 6.07) is 4.97. The number of hydrogen-bond donors (Lipinski definition) is 1. The van der Waals surface area contributed by atoms with Crippen LogP contribution >= 0.6 is 0 Å². The number of nitrogens with zero attached hydrogens (tertiary/aromatic N) is 1. The highest BCUT2D eigenvalue weighted by molar-refractivity contribution is 5.26. The molecule has 1 heterocycles. The van der Waals surface area contributed by atoms with Gasteiger partial charge in [0.15, 0.2) is 0 Å². The van der Waals surface area contributed by atoms with Crippen molar-refractivity contribution in [3.63, 3.8) is 0 Å². The monoisotopic (exact) mass is 288 g/mol. The van der Waals surface area contributed by atoms with E-state index in [1.807, 2.05) is 0 Å². The maximum atomic E-state index is 4.69. The van der Waals surface area contributed by atoms with Gasteiger partial charge in [-0.25, -0.2) is 0 Å². The summed E-state index contributed by atoms with van der Waals surface area (Å²) >= 11 is 0. The van der Waals surface area contributed by atoms with Gasteiger partial charge in [0.05, 0.1) is 0 Å². The van der Waals surface area contributed by atoms with E-state index in [-0.39, 0.29) is 0 Å². The summed E-state index contributed by atoms with van der Waals surface area (Å²) in [5, 5.41) is 3.81. The maximum absolute atomic E-state index is 4.69. The fourth-order valence-electron chi connectivity index (χ4n) is 3.79. The molecule has 118 valence electrons. The van der Waals surface area contributed by atoms with Gasteiger partial charge in [0.25, 0.3) is 0 Å². The lowest BCUT2D eigenvalue weighted by molar-refractivity contribution is 0.218. The molecule has 0 bridgehead atoms. The summed E-state index contributed by atoms with van der Waals surface area (Å²) in [6.45, 7) is 9.94. The minimum absolute atomic E-state index is 0.496. The molecule has 0 spiro atoms. The molecule has 2 heteroatoms. The molecule has 0 aliphatic heterocycles. The summed E-state index contributed by atoms with van der Waals surface area (Å²) in [5.41, 5.74) is 3.76. The van der Waals surface area contributed by atoms with E-state index in [2.05, 4.69) is 50.1 Å². The Morgan fingerprint density at radius 2 is 1.86 bits per heavy atom. The molecule has 0 radical (unpaired) electrons. The van der Waals surface area contributed by atoms with Crippen molar-refractivity contribution in [3.05, 3.63) is 29.1 Å². The van der Waals surface area contributed by atoms with Gasteiger partial charge < -0.3 is 5.32 Å². The van der Waals surface area contributed by atoms with Gasteiger partial charge in [0.2, 0.25) is 0 Å². The number of hydrogen-bond acceptors (Lipinski definition) is 2. The molecule has 21 heavy (non-hydrogen) atoms. The normalized spacial score (nSPS) is 24.0. The molecule has 1 aliphatic carbocycles. The van der Waals surface area contributed by atoms with Crippen LogP contribution in [0.1, 0.15) is 75.4 Å². The number of rotatable bonds is 6. The SMILES string of the molecule is CCCNC(c1ccc(C)nc1C)C1CCC(CC)CC1. The lowest BCUT2D eigenvalue weighted by Gasteiger charge is -2.35. The number of nitrogens with one attached hydrogen (secondary N) is 1. The molecule has 1 aromatic heterocycles. The highest BCUT2D eigenvalue weighted by atomic mass is 14.9. The number of pyridine rings is 1. The highest BCUT2D eigenvalue weighted by Crippen LogP contribution is 2.38. The molecule has 1 N–H and O–H groups in total. The molecular weight excluding hydrogens is 256 g/mol. The molecule has 1 aliphatic rings. The second-order valence-electron chi connectivity index (χ2n) is 6.75. The summed E-state index contributed by atoms with van der Waals surface area (Å²) in [6.07, 6.45) is 8.10. The molecule has 2 nitrogen and oxygen atoms in total. The van der Waals surface area contributed by atoms with Crippen molar-refractivity contribution in [3.8, 4) is 0 Å². The lowest BCUT2D eigenvalue weighted by Crippen LogP contribution is -2.32. The Bertz CT molecular complexity index is 433. The van der Waals surface area contributed by atoms with Crippen molar-refractivity contribution in [1.29, 1.82) is 0 Å². The van der Waals surface area contributed by atoms with Gasteiger partial charge in [-0.15, -0.1) is 0 Å². The van der Waals surface area contributed by atoms with E-state index in [1.165, 1.54) is 49.8 Å². The van der Waals surface area contributed by atoms with E-state index in [4.69, 9.17) is 0 Å². The van der Waals surface area contributed by atoms with E-state index < -0.39 is 0 Å². The molecule has 0 saturated heterocycles. The van der Waals surface area contributed by atoms with Crippen molar-refractivity contribution in [2.75, 3.05) is 6.54 Å². The second-order valence-corrected chi connectivity index (χ2v) is 6.75. The molecule has 2 rings (SSSR count). The van der Waals surface area contributed by atoms with Crippen LogP contribution in [0.15, 0.2) is 12.1 Å². The van der Waals surface area contributed by atoms with Crippen molar-refractivity contribution in [1.82, 2.24) is 10.3 Å². The third-order valence-electron chi connectivity index (χ3n) is 5.16. The van der Waals surface area contributed by atoms with Crippen LogP contribution in [0, 0.1) is 25.7 Å². The smallest absolute Gasteiger partial charge is 0.0423 e. The topological polar surface area (TPSA) is 24.9 Å². The van der Waals surface area contributed by atoms with Crippen LogP contribution in [0.5, 0.6) is 0 Å². The molecule has 1 aromatic rings. The average Bonchev–Trinajstić information content (AvgIpc) is 2.50. The van der Waals surface area contributed by atoms with E-state index in [1.54, 1.807) is 0 Å². The van der Waals surface area contributed by atoms with Crippen LogP contribution in [0.2, 0.25) is 0 Å². The third kappa shape index (κ3) is 4.29. The van der Waals surface area contributed by atoms with Crippen molar-refractivity contribution < 1.29 is 0 Å². The molecule has 1 atom stereocenters. The number of aromatic nitrogens is 1. The average molecular weight is 288 g/mol. The van der Waals surface area contributed by atoms with Crippen LogP contribution in [-0.4, -0.2) is 11.5 Å². The third-order valence-corrected chi connectivity index (χ3v) is 5.16. The molecule has 1 fully saturated rings. The summed E-state index contributed by atoms with van der Waals surface area (Å²) in [7, 11) is 0.